The first-order valence-electron chi connectivity index (χ1n) is 3.45. The van der Waals surface area contributed by atoms with Gasteiger partial charge >= 0.3 is 0 Å². The van der Waals surface area contributed by atoms with E-state index in [9.17, 15) is 0 Å². The zero-order valence-corrected chi connectivity index (χ0v) is 7.95. The SMILES string of the molecule is Nc1ccc2sc(S)c(N)c2c1. The lowest BCUT2D eigenvalue weighted by Gasteiger charge is -1.93. The highest BCUT2D eigenvalue weighted by Crippen LogP contribution is 2.36. The second-order valence-corrected chi connectivity index (χ2v) is 4.38. The second kappa shape index (κ2) is 2.57. The van der Waals surface area contributed by atoms with Gasteiger partial charge in [-0.1, -0.05) is 0 Å². The van der Waals surface area contributed by atoms with Crippen molar-refractivity contribution in [2.75, 3.05) is 11.5 Å². The average molecular weight is 196 g/mol. The summed E-state index contributed by atoms with van der Waals surface area (Å²) < 4.78 is 1.99. The normalized spacial score (nSPS) is 10.8. The lowest BCUT2D eigenvalue weighted by Crippen LogP contribution is -1.85. The van der Waals surface area contributed by atoms with Crippen LogP contribution in [0.5, 0.6) is 0 Å². The van der Waals surface area contributed by atoms with Crippen LogP contribution in [-0.4, -0.2) is 0 Å². The third-order valence-corrected chi connectivity index (χ3v) is 3.23. The summed E-state index contributed by atoms with van der Waals surface area (Å²) in [5.74, 6) is 0. The molecule has 0 aliphatic carbocycles. The Morgan fingerprint density at radius 3 is 2.75 bits per heavy atom. The minimum absolute atomic E-state index is 0.727. The van der Waals surface area contributed by atoms with E-state index in [0.717, 1.165) is 25.7 Å². The number of thiol groups is 1. The van der Waals surface area contributed by atoms with Crippen molar-refractivity contribution in [2.45, 2.75) is 4.21 Å². The van der Waals surface area contributed by atoms with Crippen molar-refractivity contribution in [3.05, 3.63) is 18.2 Å². The van der Waals surface area contributed by atoms with Crippen molar-refractivity contribution in [3.8, 4) is 0 Å². The van der Waals surface area contributed by atoms with Crippen molar-refractivity contribution in [2.24, 2.45) is 0 Å². The molecule has 0 saturated carbocycles. The summed E-state index contributed by atoms with van der Waals surface area (Å²) in [5, 5.41) is 1.00. The quantitative estimate of drug-likeness (QED) is 0.447. The molecule has 0 aliphatic heterocycles. The molecular weight excluding hydrogens is 188 g/mol. The monoisotopic (exact) mass is 196 g/mol. The molecule has 0 atom stereocenters. The summed E-state index contributed by atoms with van der Waals surface area (Å²) in [4.78, 5) is 0. The van der Waals surface area contributed by atoms with Gasteiger partial charge in [-0.3, -0.25) is 0 Å². The summed E-state index contributed by atoms with van der Waals surface area (Å²) in [6, 6.07) is 5.71. The number of hydrogen-bond acceptors (Lipinski definition) is 4. The van der Waals surface area contributed by atoms with Crippen LogP contribution in [0.4, 0.5) is 11.4 Å². The van der Waals surface area contributed by atoms with Gasteiger partial charge in [0.05, 0.1) is 9.90 Å². The molecule has 1 aromatic carbocycles. The fourth-order valence-corrected chi connectivity index (χ4v) is 2.38. The van der Waals surface area contributed by atoms with E-state index in [1.807, 2.05) is 18.2 Å². The largest absolute Gasteiger partial charge is 0.399 e. The number of nitrogens with two attached hydrogens (primary N) is 2. The van der Waals surface area contributed by atoms with Crippen LogP contribution >= 0.6 is 24.0 Å². The van der Waals surface area contributed by atoms with E-state index >= 15 is 0 Å². The van der Waals surface area contributed by atoms with Crippen molar-refractivity contribution in [3.63, 3.8) is 0 Å². The Bertz CT molecular complexity index is 434. The fourth-order valence-electron chi connectivity index (χ4n) is 1.12. The highest BCUT2D eigenvalue weighted by atomic mass is 32.2. The van der Waals surface area contributed by atoms with Crippen LogP contribution in [0.2, 0.25) is 0 Å². The van der Waals surface area contributed by atoms with Gasteiger partial charge in [0.1, 0.15) is 0 Å². The van der Waals surface area contributed by atoms with Crippen molar-refractivity contribution in [1.82, 2.24) is 0 Å². The predicted octanol–water partition coefficient (Wildman–Crippen LogP) is 2.35. The van der Waals surface area contributed by atoms with Crippen molar-refractivity contribution >= 4 is 45.4 Å². The minimum Gasteiger partial charge on any atom is -0.399 e. The van der Waals surface area contributed by atoms with Crippen LogP contribution in [0.3, 0.4) is 0 Å². The zero-order valence-electron chi connectivity index (χ0n) is 6.24. The average Bonchev–Trinajstić information content (AvgIpc) is 2.31. The minimum atomic E-state index is 0.727. The molecule has 0 unspecified atom stereocenters. The molecular formula is C8H8N2S2. The number of rotatable bonds is 0. The van der Waals surface area contributed by atoms with Crippen LogP contribution in [0, 0.1) is 0 Å². The molecule has 2 aromatic rings. The van der Waals surface area contributed by atoms with E-state index in [1.165, 1.54) is 0 Å². The Labute approximate surface area is 79.6 Å². The number of anilines is 2. The Morgan fingerprint density at radius 2 is 2.00 bits per heavy atom. The summed E-state index contributed by atoms with van der Waals surface area (Å²) in [6.07, 6.45) is 0. The number of hydrogen-bond donors (Lipinski definition) is 3. The van der Waals surface area contributed by atoms with E-state index in [1.54, 1.807) is 11.3 Å². The van der Waals surface area contributed by atoms with Gasteiger partial charge in [-0.2, -0.15) is 0 Å². The maximum atomic E-state index is 5.79. The van der Waals surface area contributed by atoms with Gasteiger partial charge in [0.15, 0.2) is 0 Å². The van der Waals surface area contributed by atoms with Gasteiger partial charge in [-0.05, 0) is 18.2 Å². The van der Waals surface area contributed by atoms with E-state index < -0.39 is 0 Å². The molecule has 2 rings (SSSR count). The van der Waals surface area contributed by atoms with Crippen molar-refractivity contribution < 1.29 is 0 Å². The van der Waals surface area contributed by atoms with Crippen molar-refractivity contribution in [1.29, 1.82) is 0 Å². The molecule has 0 radical (unpaired) electrons. The van der Waals surface area contributed by atoms with Crippen LogP contribution in [0.25, 0.3) is 10.1 Å². The van der Waals surface area contributed by atoms with Gasteiger partial charge in [-0.15, -0.1) is 24.0 Å². The Morgan fingerprint density at radius 1 is 1.25 bits per heavy atom. The van der Waals surface area contributed by atoms with Crippen LogP contribution in [0.1, 0.15) is 0 Å². The standard InChI is InChI=1S/C8H8N2S2/c9-4-1-2-6-5(3-4)7(10)8(11)12-6/h1-3,11H,9-10H2. The van der Waals surface area contributed by atoms with E-state index in [4.69, 9.17) is 11.5 Å². The Hall–Kier alpha value is -0.870. The number of fused-ring (bicyclic) bond motifs is 1. The smallest absolute Gasteiger partial charge is 0.0811 e. The molecule has 0 aliphatic rings. The van der Waals surface area contributed by atoms with Gasteiger partial charge < -0.3 is 11.5 Å². The summed E-state index contributed by atoms with van der Waals surface area (Å²) in [7, 11) is 0. The van der Waals surface area contributed by atoms with Crippen LogP contribution in [-0.2, 0) is 0 Å². The molecule has 12 heavy (non-hydrogen) atoms. The molecule has 62 valence electrons. The highest BCUT2D eigenvalue weighted by Gasteiger charge is 2.05. The number of nitrogen functional groups attached to an aromatic ring is 2. The zero-order chi connectivity index (χ0) is 8.72. The van der Waals surface area contributed by atoms with E-state index in [2.05, 4.69) is 12.6 Å². The van der Waals surface area contributed by atoms with Gasteiger partial charge in [0, 0.05) is 15.8 Å². The molecule has 4 N–H and O–H groups in total. The van der Waals surface area contributed by atoms with E-state index in [-0.39, 0.29) is 0 Å². The summed E-state index contributed by atoms with van der Waals surface area (Å²) in [6.45, 7) is 0. The topological polar surface area (TPSA) is 52.0 Å². The first-order valence-corrected chi connectivity index (χ1v) is 4.71. The highest BCUT2D eigenvalue weighted by molar-refractivity contribution is 7.83. The Balaban J connectivity index is 2.88. The lowest BCUT2D eigenvalue weighted by atomic mass is 10.2. The van der Waals surface area contributed by atoms with Crippen LogP contribution in [0.15, 0.2) is 22.4 Å². The molecule has 0 fully saturated rings. The molecule has 1 aromatic heterocycles. The lowest BCUT2D eigenvalue weighted by molar-refractivity contribution is 1.72. The van der Waals surface area contributed by atoms with E-state index in [0.29, 0.717) is 0 Å². The fraction of sp³-hybridized carbons (Fsp3) is 0. The van der Waals surface area contributed by atoms with Crippen LogP contribution < -0.4 is 11.5 Å². The third kappa shape index (κ3) is 1.04. The Kier molecular flexibility index (Phi) is 1.66. The maximum absolute atomic E-state index is 5.79. The maximum Gasteiger partial charge on any atom is 0.0811 e. The molecule has 0 saturated heterocycles. The first kappa shape index (κ1) is 7.76. The van der Waals surface area contributed by atoms with Gasteiger partial charge in [0.25, 0.3) is 0 Å². The molecule has 2 nitrogen and oxygen atoms in total. The first-order chi connectivity index (χ1) is 5.68. The summed E-state index contributed by atoms with van der Waals surface area (Å²) in [5.41, 5.74) is 12.9. The molecule has 0 amide bonds. The van der Waals surface area contributed by atoms with Gasteiger partial charge in [0.2, 0.25) is 0 Å². The number of benzene rings is 1. The summed E-state index contributed by atoms with van der Waals surface area (Å²) >= 11 is 5.81. The molecule has 4 heteroatoms. The predicted molar refractivity (Wildman–Crippen MR) is 57.9 cm³/mol. The molecule has 0 bridgehead atoms. The second-order valence-electron chi connectivity index (χ2n) is 2.58. The molecule has 0 spiro atoms. The molecule has 1 heterocycles. The number of thiophene rings is 1. The van der Waals surface area contributed by atoms with Gasteiger partial charge in [-0.25, -0.2) is 0 Å². The third-order valence-electron chi connectivity index (χ3n) is 1.73.